The molecule has 2 N–H and O–H groups in total. The molecular formula is C17H21N3O. The second-order valence-electron chi connectivity index (χ2n) is 5.17. The van der Waals surface area contributed by atoms with E-state index in [1.807, 2.05) is 43.3 Å². The zero-order valence-corrected chi connectivity index (χ0v) is 12.7. The highest BCUT2D eigenvalue weighted by atomic mass is 16.1. The first kappa shape index (κ1) is 15.0. The van der Waals surface area contributed by atoms with Gasteiger partial charge in [-0.1, -0.05) is 32.0 Å². The Bertz CT molecular complexity index is 609. The number of hydrogen-bond acceptors (Lipinski definition) is 3. The first-order valence-electron chi connectivity index (χ1n) is 7.22. The molecular weight excluding hydrogens is 262 g/mol. The van der Waals surface area contributed by atoms with Crippen LogP contribution in [0.4, 0.5) is 11.5 Å². The first-order chi connectivity index (χ1) is 10.1. The Morgan fingerprint density at radius 1 is 1.19 bits per heavy atom. The van der Waals surface area contributed by atoms with Crippen LogP contribution in [0.15, 0.2) is 42.5 Å². The van der Waals surface area contributed by atoms with Gasteiger partial charge in [-0.05, 0) is 37.1 Å². The van der Waals surface area contributed by atoms with E-state index in [-0.39, 0.29) is 11.8 Å². The zero-order chi connectivity index (χ0) is 15.2. The SMILES string of the molecule is CCNc1cc(C(=O)Nc2ccccc2)cc(C(C)C)n1. The molecule has 2 rings (SSSR count). The lowest BCUT2D eigenvalue weighted by atomic mass is 10.1. The van der Waals surface area contributed by atoms with Crippen molar-refractivity contribution in [3.8, 4) is 0 Å². The van der Waals surface area contributed by atoms with Crippen LogP contribution in [0.5, 0.6) is 0 Å². The number of para-hydroxylation sites is 1. The molecule has 0 saturated carbocycles. The Kier molecular flexibility index (Phi) is 4.93. The molecule has 1 aromatic carbocycles. The van der Waals surface area contributed by atoms with Crippen LogP contribution in [0.3, 0.4) is 0 Å². The van der Waals surface area contributed by atoms with Gasteiger partial charge in [0.2, 0.25) is 0 Å². The molecule has 0 aliphatic rings. The van der Waals surface area contributed by atoms with Crippen LogP contribution in [-0.2, 0) is 0 Å². The molecule has 0 fully saturated rings. The van der Waals surface area contributed by atoms with Gasteiger partial charge in [0, 0.05) is 23.5 Å². The van der Waals surface area contributed by atoms with E-state index in [1.165, 1.54) is 0 Å². The maximum Gasteiger partial charge on any atom is 0.255 e. The van der Waals surface area contributed by atoms with E-state index in [1.54, 1.807) is 6.07 Å². The molecule has 0 atom stereocenters. The number of pyridine rings is 1. The standard InChI is InChI=1S/C17H21N3O/c1-4-18-16-11-13(10-15(20-16)12(2)3)17(21)19-14-8-6-5-7-9-14/h5-12H,4H2,1-3H3,(H,18,20)(H,19,21). The van der Waals surface area contributed by atoms with Crippen molar-refractivity contribution in [2.75, 3.05) is 17.2 Å². The molecule has 0 aliphatic carbocycles. The van der Waals surface area contributed by atoms with E-state index in [9.17, 15) is 4.79 Å². The van der Waals surface area contributed by atoms with Gasteiger partial charge in [-0.2, -0.15) is 0 Å². The maximum atomic E-state index is 12.4. The van der Waals surface area contributed by atoms with Crippen molar-refractivity contribution < 1.29 is 4.79 Å². The molecule has 110 valence electrons. The summed E-state index contributed by atoms with van der Waals surface area (Å²) >= 11 is 0. The van der Waals surface area contributed by atoms with Gasteiger partial charge in [-0.3, -0.25) is 4.79 Å². The van der Waals surface area contributed by atoms with Crippen LogP contribution in [0, 0.1) is 0 Å². The number of benzene rings is 1. The molecule has 4 nitrogen and oxygen atoms in total. The Morgan fingerprint density at radius 2 is 1.90 bits per heavy atom. The molecule has 21 heavy (non-hydrogen) atoms. The molecule has 1 amide bonds. The molecule has 0 saturated heterocycles. The van der Waals surface area contributed by atoms with Crippen LogP contribution in [0.1, 0.15) is 42.7 Å². The molecule has 0 unspecified atom stereocenters. The smallest absolute Gasteiger partial charge is 0.255 e. The van der Waals surface area contributed by atoms with Crippen molar-refractivity contribution in [1.82, 2.24) is 4.98 Å². The number of nitrogens with zero attached hydrogens (tertiary/aromatic N) is 1. The summed E-state index contributed by atoms with van der Waals surface area (Å²) in [5.74, 6) is 0.887. The number of carbonyl (C=O) groups excluding carboxylic acids is 1. The summed E-state index contributed by atoms with van der Waals surface area (Å²) in [6.07, 6.45) is 0. The van der Waals surface area contributed by atoms with Crippen molar-refractivity contribution in [2.45, 2.75) is 26.7 Å². The van der Waals surface area contributed by atoms with E-state index in [2.05, 4.69) is 29.5 Å². The minimum Gasteiger partial charge on any atom is -0.370 e. The fourth-order valence-electron chi connectivity index (χ4n) is 1.98. The van der Waals surface area contributed by atoms with Crippen LogP contribution < -0.4 is 10.6 Å². The lowest BCUT2D eigenvalue weighted by molar-refractivity contribution is 0.102. The van der Waals surface area contributed by atoms with Gasteiger partial charge in [-0.25, -0.2) is 4.98 Å². The Labute approximate surface area is 125 Å². The Hall–Kier alpha value is -2.36. The van der Waals surface area contributed by atoms with Crippen molar-refractivity contribution in [1.29, 1.82) is 0 Å². The molecule has 0 bridgehead atoms. The summed E-state index contributed by atoms with van der Waals surface area (Å²) in [4.78, 5) is 16.9. The summed E-state index contributed by atoms with van der Waals surface area (Å²) in [7, 11) is 0. The Balaban J connectivity index is 2.27. The van der Waals surface area contributed by atoms with Crippen molar-refractivity contribution >= 4 is 17.4 Å². The predicted octanol–water partition coefficient (Wildman–Crippen LogP) is 3.89. The highest BCUT2D eigenvalue weighted by molar-refractivity contribution is 6.04. The van der Waals surface area contributed by atoms with Crippen LogP contribution in [0.2, 0.25) is 0 Å². The number of carbonyl (C=O) groups is 1. The lowest BCUT2D eigenvalue weighted by Gasteiger charge is -2.12. The third-order valence-electron chi connectivity index (χ3n) is 3.09. The summed E-state index contributed by atoms with van der Waals surface area (Å²) in [6.45, 7) is 6.91. The van der Waals surface area contributed by atoms with E-state index < -0.39 is 0 Å². The summed E-state index contributed by atoms with van der Waals surface area (Å²) in [5, 5.41) is 6.07. The minimum atomic E-state index is -0.121. The second kappa shape index (κ2) is 6.88. The normalized spacial score (nSPS) is 10.5. The average Bonchev–Trinajstić information content (AvgIpc) is 2.48. The third kappa shape index (κ3) is 4.05. The van der Waals surface area contributed by atoms with Gasteiger partial charge in [0.1, 0.15) is 5.82 Å². The van der Waals surface area contributed by atoms with Gasteiger partial charge >= 0.3 is 0 Å². The molecule has 2 aromatic rings. The lowest BCUT2D eigenvalue weighted by Crippen LogP contribution is -2.14. The monoisotopic (exact) mass is 283 g/mol. The third-order valence-corrected chi connectivity index (χ3v) is 3.09. The molecule has 0 aliphatic heterocycles. The van der Waals surface area contributed by atoms with E-state index in [0.717, 1.165) is 23.7 Å². The van der Waals surface area contributed by atoms with Crippen LogP contribution in [-0.4, -0.2) is 17.4 Å². The summed E-state index contributed by atoms with van der Waals surface area (Å²) < 4.78 is 0. The number of hydrogen-bond donors (Lipinski definition) is 2. The van der Waals surface area contributed by atoms with Gasteiger partial charge in [-0.15, -0.1) is 0 Å². The zero-order valence-electron chi connectivity index (χ0n) is 12.7. The number of amides is 1. The van der Waals surface area contributed by atoms with Crippen LogP contribution >= 0.6 is 0 Å². The predicted molar refractivity (Wildman–Crippen MR) is 86.9 cm³/mol. The van der Waals surface area contributed by atoms with Crippen molar-refractivity contribution in [3.63, 3.8) is 0 Å². The number of anilines is 2. The van der Waals surface area contributed by atoms with E-state index in [0.29, 0.717) is 5.56 Å². The number of rotatable bonds is 5. The van der Waals surface area contributed by atoms with Crippen LogP contribution in [0.25, 0.3) is 0 Å². The highest BCUT2D eigenvalue weighted by Crippen LogP contribution is 2.18. The largest absolute Gasteiger partial charge is 0.370 e. The second-order valence-corrected chi connectivity index (χ2v) is 5.17. The van der Waals surface area contributed by atoms with Crippen molar-refractivity contribution in [3.05, 3.63) is 53.7 Å². The maximum absolute atomic E-state index is 12.4. The quantitative estimate of drug-likeness (QED) is 0.875. The van der Waals surface area contributed by atoms with Gasteiger partial charge in [0.05, 0.1) is 0 Å². The number of nitrogens with one attached hydrogen (secondary N) is 2. The molecule has 1 aromatic heterocycles. The fourth-order valence-corrected chi connectivity index (χ4v) is 1.98. The minimum absolute atomic E-state index is 0.121. The van der Waals surface area contributed by atoms with Gasteiger partial charge in [0.25, 0.3) is 5.91 Å². The molecule has 0 radical (unpaired) electrons. The highest BCUT2D eigenvalue weighted by Gasteiger charge is 2.12. The molecule has 1 heterocycles. The topological polar surface area (TPSA) is 54.0 Å². The summed E-state index contributed by atoms with van der Waals surface area (Å²) in [5.41, 5.74) is 2.32. The van der Waals surface area contributed by atoms with E-state index >= 15 is 0 Å². The van der Waals surface area contributed by atoms with Gasteiger partial charge in [0.15, 0.2) is 0 Å². The first-order valence-corrected chi connectivity index (χ1v) is 7.22. The number of aromatic nitrogens is 1. The Morgan fingerprint density at radius 3 is 2.52 bits per heavy atom. The average molecular weight is 283 g/mol. The fraction of sp³-hybridized carbons (Fsp3) is 0.294. The molecule has 4 heteroatoms. The van der Waals surface area contributed by atoms with E-state index in [4.69, 9.17) is 0 Å². The summed E-state index contributed by atoms with van der Waals surface area (Å²) in [6, 6.07) is 13.1. The van der Waals surface area contributed by atoms with Gasteiger partial charge < -0.3 is 10.6 Å². The van der Waals surface area contributed by atoms with Crippen molar-refractivity contribution in [2.24, 2.45) is 0 Å². The molecule has 0 spiro atoms.